The summed E-state index contributed by atoms with van der Waals surface area (Å²) in [7, 11) is 0. The third-order valence-corrected chi connectivity index (χ3v) is 2.92. The Hall–Kier alpha value is -2.05. The number of nitriles is 1. The lowest BCUT2D eigenvalue weighted by Crippen LogP contribution is -2.07. The fourth-order valence-corrected chi connectivity index (χ4v) is 1.88. The largest absolute Gasteiger partial charge is 0.377 e. The van der Waals surface area contributed by atoms with Gasteiger partial charge in [-0.2, -0.15) is 5.26 Å². The SMILES string of the molecule is CC(Nc1ccc(Cl)cc1C#N)c1ccncc1. The van der Waals surface area contributed by atoms with Crippen LogP contribution < -0.4 is 5.32 Å². The molecule has 0 spiro atoms. The Morgan fingerprint density at radius 2 is 2.00 bits per heavy atom. The van der Waals surface area contributed by atoms with Gasteiger partial charge in [0, 0.05) is 23.5 Å². The predicted octanol–water partition coefficient (Wildman–Crippen LogP) is 3.78. The highest BCUT2D eigenvalue weighted by molar-refractivity contribution is 6.30. The first-order valence-electron chi connectivity index (χ1n) is 5.57. The van der Waals surface area contributed by atoms with Gasteiger partial charge in [0.25, 0.3) is 0 Å². The molecule has 1 aromatic carbocycles. The zero-order valence-electron chi connectivity index (χ0n) is 9.89. The van der Waals surface area contributed by atoms with Crippen LogP contribution in [-0.2, 0) is 0 Å². The van der Waals surface area contributed by atoms with E-state index in [9.17, 15) is 0 Å². The Morgan fingerprint density at radius 3 is 2.67 bits per heavy atom. The lowest BCUT2D eigenvalue weighted by molar-refractivity contribution is 0.880. The summed E-state index contributed by atoms with van der Waals surface area (Å²) in [5, 5.41) is 12.9. The van der Waals surface area contributed by atoms with Gasteiger partial charge in [0.15, 0.2) is 0 Å². The first kappa shape index (κ1) is 12.4. The van der Waals surface area contributed by atoms with Crippen molar-refractivity contribution in [2.45, 2.75) is 13.0 Å². The van der Waals surface area contributed by atoms with E-state index in [1.165, 1.54) is 0 Å². The van der Waals surface area contributed by atoms with Gasteiger partial charge in [0.05, 0.1) is 11.3 Å². The van der Waals surface area contributed by atoms with Gasteiger partial charge in [-0.05, 0) is 42.8 Å². The summed E-state index contributed by atoms with van der Waals surface area (Å²) in [6.45, 7) is 2.03. The fourth-order valence-electron chi connectivity index (χ4n) is 1.70. The number of hydrogen-bond acceptors (Lipinski definition) is 3. The van der Waals surface area contributed by atoms with Crippen LogP contribution in [0.5, 0.6) is 0 Å². The zero-order valence-corrected chi connectivity index (χ0v) is 10.6. The molecule has 3 nitrogen and oxygen atoms in total. The van der Waals surface area contributed by atoms with Crippen LogP contribution in [0.2, 0.25) is 5.02 Å². The zero-order chi connectivity index (χ0) is 13.0. The number of pyridine rings is 1. The van der Waals surface area contributed by atoms with Crippen molar-refractivity contribution < 1.29 is 0 Å². The minimum absolute atomic E-state index is 0.0984. The smallest absolute Gasteiger partial charge is 0.101 e. The second-order valence-corrected chi connectivity index (χ2v) is 4.38. The normalized spacial score (nSPS) is 11.6. The average Bonchev–Trinajstić information content (AvgIpc) is 2.41. The number of hydrogen-bond donors (Lipinski definition) is 1. The number of aromatic nitrogens is 1. The summed E-state index contributed by atoms with van der Waals surface area (Å²) >= 11 is 5.86. The van der Waals surface area contributed by atoms with Crippen molar-refractivity contribution in [1.82, 2.24) is 4.98 Å². The van der Waals surface area contributed by atoms with E-state index in [0.29, 0.717) is 10.6 Å². The topological polar surface area (TPSA) is 48.7 Å². The lowest BCUT2D eigenvalue weighted by atomic mass is 10.1. The molecule has 0 aliphatic rings. The van der Waals surface area contributed by atoms with Crippen molar-refractivity contribution in [2.75, 3.05) is 5.32 Å². The van der Waals surface area contributed by atoms with E-state index in [-0.39, 0.29) is 6.04 Å². The molecule has 0 radical (unpaired) electrons. The first-order valence-corrected chi connectivity index (χ1v) is 5.94. The standard InChI is InChI=1S/C14H12ClN3/c1-10(11-4-6-17-7-5-11)18-14-3-2-13(15)8-12(14)9-16/h2-8,10,18H,1H3. The monoisotopic (exact) mass is 257 g/mol. The molecule has 1 atom stereocenters. The van der Waals surface area contributed by atoms with Crippen LogP contribution in [0.15, 0.2) is 42.7 Å². The molecular weight excluding hydrogens is 246 g/mol. The molecule has 0 aliphatic heterocycles. The number of benzene rings is 1. The van der Waals surface area contributed by atoms with Crippen LogP contribution in [0.1, 0.15) is 24.1 Å². The van der Waals surface area contributed by atoms with Gasteiger partial charge >= 0.3 is 0 Å². The van der Waals surface area contributed by atoms with Crippen molar-refractivity contribution in [3.8, 4) is 6.07 Å². The first-order chi connectivity index (χ1) is 8.70. The Morgan fingerprint density at radius 1 is 1.28 bits per heavy atom. The number of nitrogens with zero attached hydrogens (tertiary/aromatic N) is 2. The molecule has 0 saturated heterocycles. The minimum Gasteiger partial charge on any atom is -0.377 e. The number of anilines is 1. The Labute approximate surface area is 111 Å². The molecule has 0 saturated carbocycles. The van der Waals surface area contributed by atoms with E-state index >= 15 is 0 Å². The second-order valence-electron chi connectivity index (χ2n) is 3.95. The van der Waals surface area contributed by atoms with Crippen LogP contribution >= 0.6 is 11.6 Å². The summed E-state index contributed by atoms with van der Waals surface area (Å²) in [4.78, 5) is 3.98. The van der Waals surface area contributed by atoms with Crippen molar-refractivity contribution in [2.24, 2.45) is 0 Å². The minimum atomic E-state index is 0.0984. The Kier molecular flexibility index (Phi) is 3.81. The van der Waals surface area contributed by atoms with Crippen molar-refractivity contribution in [3.05, 3.63) is 58.9 Å². The maximum atomic E-state index is 9.07. The number of nitrogens with one attached hydrogen (secondary N) is 1. The molecule has 1 heterocycles. The molecule has 0 aliphatic carbocycles. The van der Waals surface area contributed by atoms with Crippen molar-refractivity contribution in [3.63, 3.8) is 0 Å². The van der Waals surface area contributed by atoms with E-state index in [1.54, 1.807) is 24.5 Å². The van der Waals surface area contributed by atoms with Gasteiger partial charge in [-0.1, -0.05) is 11.6 Å². The van der Waals surface area contributed by atoms with E-state index in [1.807, 2.05) is 25.1 Å². The summed E-state index contributed by atoms with van der Waals surface area (Å²) in [5.74, 6) is 0. The molecule has 0 fully saturated rings. The summed E-state index contributed by atoms with van der Waals surface area (Å²) in [6, 6.07) is 11.4. The Balaban J connectivity index is 2.22. The van der Waals surface area contributed by atoms with E-state index < -0.39 is 0 Å². The molecule has 90 valence electrons. The summed E-state index contributed by atoms with van der Waals surface area (Å²) in [6.07, 6.45) is 3.50. The van der Waals surface area contributed by atoms with Gasteiger partial charge in [-0.15, -0.1) is 0 Å². The second kappa shape index (κ2) is 5.52. The van der Waals surface area contributed by atoms with E-state index in [4.69, 9.17) is 16.9 Å². The highest BCUT2D eigenvalue weighted by Gasteiger charge is 2.08. The lowest BCUT2D eigenvalue weighted by Gasteiger charge is -2.16. The predicted molar refractivity (Wildman–Crippen MR) is 72.4 cm³/mol. The molecule has 1 N–H and O–H groups in total. The summed E-state index contributed by atoms with van der Waals surface area (Å²) in [5.41, 5.74) is 2.44. The van der Waals surface area contributed by atoms with Gasteiger partial charge in [-0.25, -0.2) is 0 Å². The summed E-state index contributed by atoms with van der Waals surface area (Å²) < 4.78 is 0. The number of rotatable bonds is 3. The van der Waals surface area contributed by atoms with Gasteiger partial charge < -0.3 is 5.32 Å². The molecule has 1 aromatic heterocycles. The maximum absolute atomic E-state index is 9.07. The molecule has 0 amide bonds. The van der Waals surface area contributed by atoms with Gasteiger partial charge in [0.1, 0.15) is 6.07 Å². The van der Waals surface area contributed by atoms with Crippen LogP contribution in [0.25, 0.3) is 0 Å². The van der Waals surface area contributed by atoms with Crippen LogP contribution in [-0.4, -0.2) is 4.98 Å². The molecule has 0 bridgehead atoms. The van der Waals surface area contributed by atoms with Crippen LogP contribution in [0.3, 0.4) is 0 Å². The number of halogens is 1. The third kappa shape index (κ3) is 2.79. The maximum Gasteiger partial charge on any atom is 0.101 e. The van der Waals surface area contributed by atoms with Crippen LogP contribution in [0, 0.1) is 11.3 Å². The van der Waals surface area contributed by atoms with Gasteiger partial charge in [-0.3, -0.25) is 4.98 Å². The molecule has 2 rings (SSSR count). The van der Waals surface area contributed by atoms with Crippen molar-refractivity contribution >= 4 is 17.3 Å². The quantitative estimate of drug-likeness (QED) is 0.910. The Bertz CT molecular complexity index is 575. The third-order valence-electron chi connectivity index (χ3n) is 2.68. The molecule has 4 heteroatoms. The molecule has 18 heavy (non-hydrogen) atoms. The highest BCUT2D eigenvalue weighted by Crippen LogP contribution is 2.24. The average molecular weight is 258 g/mol. The fraction of sp³-hybridized carbons (Fsp3) is 0.143. The van der Waals surface area contributed by atoms with E-state index in [2.05, 4.69) is 16.4 Å². The van der Waals surface area contributed by atoms with Crippen molar-refractivity contribution in [1.29, 1.82) is 5.26 Å². The molecular formula is C14H12ClN3. The molecule has 1 unspecified atom stereocenters. The highest BCUT2D eigenvalue weighted by atomic mass is 35.5. The van der Waals surface area contributed by atoms with Crippen LogP contribution in [0.4, 0.5) is 5.69 Å². The molecule has 2 aromatic rings. The van der Waals surface area contributed by atoms with Gasteiger partial charge in [0.2, 0.25) is 0 Å². The van der Waals surface area contributed by atoms with E-state index in [0.717, 1.165) is 11.3 Å².